The molecule has 0 aromatic heterocycles. The lowest BCUT2D eigenvalue weighted by molar-refractivity contribution is -0.991. The summed E-state index contributed by atoms with van der Waals surface area (Å²) in [6, 6.07) is 10.8. The van der Waals surface area contributed by atoms with Crippen LogP contribution in [0, 0.1) is 5.21 Å². The Kier molecular flexibility index (Phi) is 5.69. The number of aromatic carboxylic acids is 1. The fraction of sp³-hybridized carbons (Fsp3) is 0.211. The molecule has 0 bridgehead atoms. The molecule has 146 valence electrons. The lowest BCUT2D eigenvalue weighted by Gasteiger charge is -2.24. The second kappa shape index (κ2) is 8.17. The van der Waals surface area contributed by atoms with E-state index in [0.717, 1.165) is 0 Å². The first kappa shape index (κ1) is 19.5. The fourth-order valence-corrected chi connectivity index (χ4v) is 3.20. The van der Waals surface area contributed by atoms with Crippen LogP contribution in [-0.2, 0) is 4.79 Å². The highest BCUT2D eigenvalue weighted by atomic mass is 16.8. The molecule has 1 heterocycles. The topological polar surface area (TPSA) is 134 Å². The first-order valence-electron chi connectivity index (χ1n) is 8.66. The van der Waals surface area contributed by atoms with Crippen molar-refractivity contribution in [3.8, 4) is 0 Å². The maximum atomic E-state index is 12.8. The van der Waals surface area contributed by atoms with Gasteiger partial charge in [0.15, 0.2) is 5.69 Å². The Morgan fingerprint density at radius 2 is 1.79 bits per heavy atom. The molecule has 28 heavy (non-hydrogen) atoms. The molecule has 1 fully saturated rings. The summed E-state index contributed by atoms with van der Waals surface area (Å²) in [7, 11) is 0. The Balaban J connectivity index is 1.76. The van der Waals surface area contributed by atoms with Crippen molar-refractivity contribution in [2.75, 3.05) is 11.9 Å². The minimum Gasteiger partial charge on any atom is -0.595 e. The van der Waals surface area contributed by atoms with Gasteiger partial charge in [-0.15, -0.1) is 0 Å². The van der Waals surface area contributed by atoms with Crippen LogP contribution in [-0.4, -0.2) is 45.6 Å². The molecule has 2 aromatic carbocycles. The van der Waals surface area contributed by atoms with E-state index in [2.05, 4.69) is 5.32 Å². The number of carboxylic acid groups (broad SMARTS) is 1. The molecule has 4 N–H and O–H groups in total. The van der Waals surface area contributed by atoms with Crippen molar-refractivity contribution in [2.24, 2.45) is 0 Å². The second-order valence-electron chi connectivity index (χ2n) is 6.38. The molecule has 0 aliphatic carbocycles. The molecule has 9 nitrogen and oxygen atoms in total. The summed E-state index contributed by atoms with van der Waals surface area (Å²) in [5.74, 6) is -1.99. The minimum atomic E-state index is -1.16. The van der Waals surface area contributed by atoms with Crippen LogP contribution in [0.3, 0.4) is 0 Å². The van der Waals surface area contributed by atoms with Crippen LogP contribution >= 0.6 is 0 Å². The van der Waals surface area contributed by atoms with Gasteiger partial charge in [0.05, 0.1) is 11.3 Å². The average molecular weight is 385 g/mol. The number of carboxylic acids is 1. The third-order valence-electron chi connectivity index (χ3n) is 4.61. The van der Waals surface area contributed by atoms with Gasteiger partial charge in [0.25, 0.3) is 5.91 Å². The molecule has 1 saturated heterocycles. The van der Waals surface area contributed by atoms with E-state index in [1.54, 1.807) is 12.1 Å². The summed E-state index contributed by atoms with van der Waals surface area (Å²) in [4.78, 5) is 38.2. The van der Waals surface area contributed by atoms with Gasteiger partial charge in [-0.25, -0.2) is 10.0 Å². The van der Waals surface area contributed by atoms with Gasteiger partial charge in [-0.1, -0.05) is 12.1 Å². The number of nitrogens with one attached hydrogen (secondary N) is 2. The van der Waals surface area contributed by atoms with Crippen molar-refractivity contribution < 1.29 is 29.9 Å². The van der Waals surface area contributed by atoms with Gasteiger partial charge in [-0.05, 0) is 37.1 Å². The maximum Gasteiger partial charge on any atom is 0.337 e. The molecular formula is C19H19N3O6. The zero-order valence-corrected chi connectivity index (χ0v) is 14.8. The van der Waals surface area contributed by atoms with Gasteiger partial charge >= 0.3 is 5.97 Å². The highest BCUT2D eigenvalue weighted by Gasteiger charge is 2.35. The lowest BCUT2D eigenvalue weighted by atomic mass is 10.1. The molecule has 9 heteroatoms. The lowest BCUT2D eigenvalue weighted by Crippen LogP contribution is -2.99. The van der Waals surface area contributed by atoms with Gasteiger partial charge in [0, 0.05) is 24.2 Å². The average Bonchev–Trinajstić information content (AvgIpc) is 3.17. The Labute approximate surface area is 160 Å². The predicted octanol–water partition coefficient (Wildman–Crippen LogP) is 1.03. The van der Waals surface area contributed by atoms with Gasteiger partial charge < -0.3 is 20.5 Å². The van der Waals surface area contributed by atoms with E-state index in [1.165, 1.54) is 41.3 Å². The molecule has 2 aromatic rings. The van der Waals surface area contributed by atoms with E-state index in [1.807, 2.05) is 0 Å². The molecule has 1 aliphatic heterocycles. The summed E-state index contributed by atoms with van der Waals surface area (Å²) >= 11 is 0. The summed E-state index contributed by atoms with van der Waals surface area (Å²) in [5, 5.41) is 30.6. The van der Waals surface area contributed by atoms with Crippen LogP contribution in [0.25, 0.3) is 0 Å². The van der Waals surface area contributed by atoms with E-state index in [0.29, 0.717) is 19.4 Å². The number of benzene rings is 2. The van der Waals surface area contributed by atoms with Crippen LogP contribution in [0.4, 0.5) is 11.4 Å². The number of rotatable bonds is 5. The Morgan fingerprint density at radius 3 is 2.43 bits per heavy atom. The van der Waals surface area contributed by atoms with E-state index < -0.39 is 23.1 Å². The first-order valence-corrected chi connectivity index (χ1v) is 8.66. The molecule has 2 atom stereocenters. The van der Waals surface area contributed by atoms with Gasteiger partial charge in [-0.3, -0.25) is 9.59 Å². The van der Waals surface area contributed by atoms with Gasteiger partial charge in [-0.2, -0.15) is 5.23 Å². The van der Waals surface area contributed by atoms with Gasteiger partial charge in [0.2, 0.25) is 5.91 Å². The van der Waals surface area contributed by atoms with Crippen LogP contribution in [0.2, 0.25) is 0 Å². The van der Waals surface area contributed by atoms with Crippen molar-refractivity contribution >= 4 is 29.2 Å². The molecule has 1 aliphatic rings. The number of quaternary nitrogens is 1. The van der Waals surface area contributed by atoms with Crippen molar-refractivity contribution in [2.45, 2.75) is 18.9 Å². The van der Waals surface area contributed by atoms with Crippen molar-refractivity contribution in [1.29, 1.82) is 0 Å². The summed E-state index contributed by atoms with van der Waals surface area (Å²) in [6.07, 6.45) is 1.09. The number of anilines is 1. The van der Waals surface area contributed by atoms with E-state index >= 15 is 0 Å². The smallest absolute Gasteiger partial charge is 0.337 e. The Morgan fingerprint density at radius 1 is 1.11 bits per heavy atom. The van der Waals surface area contributed by atoms with E-state index in [-0.39, 0.29) is 28.4 Å². The second-order valence-corrected chi connectivity index (χ2v) is 6.38. The number of carbonyl (C=O) groups excluding carboxylic acids is 2. The molecule has 3 rings (SSSR count). The number of likely N-dealkylation sites (tertiary alicyclic amines) is 1. The van der Waals surface area contributed by atoms with Crippen LogP contribution < -0.4 is 10.5 Å². The summed E-state index contributed by atoms with van der Waals surface area (Å²) in [6.45, 7) is 0.387. The molecular weight excluding hydrogens is 366 g/mol. The summed E-state index contributed by atoms with van der Waals surface area (Å²) in [5.41, 5.74) is 0.495. The number of carbonyl (C=O) groups is 3. The summed E-state index contributed by atoms with van der Waals surface area (Å²) < 4.78 is 0. The van der Waals surface area contributed by atoms with Crippen molar-refractivity contribution in [1.82, 2.24) is 4.90 Å². The molecule has 1 unspecified atom stereocenters. The molecule has 0 radical (unpaired) electrons. The normalized spacial score (nSPS) is 17.2. The zero-order valence-electron chi connectivity index (χ0n) is 14.8. The first-order chi connectivity index (χ1) is 13.4. The SMILES string of the molecule is O=C(O)c1ccccc1NC(=O)[C@@H]1CCCN1C(=O)c1ccc([NH+]([O-])O)cc1. The molecule has 0 saturated carbocycles. The minimum absolute atomic E-state index is 0.0315. The third-order valence-corrected chi connectivity index (χ3v) is 4.61. The number of hydrogen-bond acceptors (Lipinski definition) is 5. The van der Waals surface area contributed by atoms with Crippen LogP contribution in [0.1, 0.15) is 33.6 Å². The van der Waals surface area contributed by atoms with Crippen LogP contribution in [0.15, 0.2) is 48.5 Å². The Hall–Kier alpha value is -3.27. The van der Waals surface area contributed by atoms with E-state index in [4.69, 9.17) is 5.21 Å². The monoisotopic (exact) mass is 385 g/mol. The van der Waals surface area contributed by atoms with Crippen molar-refractivity contribution in [3.63, 3.8) is 0 Å². The third kappa shape index (κ3) is 4.01. The largest absolute Gasteiger partial charge is 0.595 e. The highest BCUT2D eigenvalue weighted by molar-refractivity contribution is 6.04. The van der Waals surface area contributed by atoms with E-state index in [9.17, 15) is 24.7 Å². The molecule has 2 amide bonds. The zero-order chi connectivity index (χ0) is 20.3. The standard InChI is InChI=1S/C19H19N3O6/c23-17(20-15-5-2-1-4-14(15)19(25)26)16-6-3-11-21(16)18(24)12-7-9-13(10-8-12)22(27)28/h1-2,4-5,7-10,16,22,27H,3,6,11H2,(H,20,23)(H,25,26)/t16-/m0/s1. The van der Waals surface area contributed by atoms with Crippen molar-refractivity contribution in [3.05, 3.63) is 64.9 Å². The van der Waals surface area contributed by atoms with Gasteiger partial charge in [0.1, 0.15) is 6.04 Å². The maximum absolute atomic E-state index is 12.8. The number of hydrogen-bond donors (Lipinski definition) is 4. The number of para-hydroxylation sites is 1. The highest BCUT2D eigenvalue weighted by Crippen LogP contribution is 2.23. The number of amides is 2. The molecule has 0 spiro atoms. The quantitative estimate of drug-likeness (QED) is 0.568. The predicted molar refractivity (Wildman–Crippen MR) is 98.3 cm³/mol. The van der Waals surface area contributed by atoms with Crippen LogP contribution in [0.5, 0.6) is 0 Å². The number of nitrogens with zero attached hydrogens (tertiary/aromatic N) is 1. The fourth-order valence-electron chi connectivity index (χ4n) is 3.20. The Bertz CT molecular complexity index is 897.